The maximum absolute atomic E-state index is 10.5. The number of likely N-dealkylation sites (tertiary alicyclic amines) is 1. The zero-order valence-corrected chi connectivity index (χ0v) is 18.3. The van der Waals surface area contributed by atoms with E-state index in [1.807, 2.05) is 12.1 Å². The Kier molecular flexibility index (Phi) is 9.74. The first-order chi connectivity index (χ1) is 14.2. The fraction of sp³-hybridized carbons (Fsp3) is 0.750. The fourth-order valence-corrected chi connectivity index (χ4v) is 4.68. The van der Waals surface area contributed by atoms with E-state index < -0.39 is 6.10 Å². The molecule has 1 aromatic carbocycles. The number of benzene rings is 1. The Balaban J connectivity index is 1.37. The summed E-state index contributed by atoms with van der Waals surface area (Å²) < 4.78 is 6.01. The molecule has 1 aliphatic carbocycles. The smallest absolute Gasteiger partial charge is 0.123 e. The van der Waals surface area contributed by atoms with Gasteiger partial charge in [-0.2, -0.15) is 0 Å². The van der Waals surface area contributed by atoms with Crippen molar-refractivity contribution >= 4 is 0 Å². The SMILES string of the molecule is CN(CC(O)COc1ccccc1CNCCN1CCCCC1)C1CCCCC1. The molecule has 164 valence electrons. The highest BCUT2D eigenvalue weighted by Gasteiger charge is 2.20. The van der Waals surface area contributed by atoms with E-state index in [2.05, 4.69) is 34.3 Å². The molecule has 1 aliphatic heterocycles. The molecule has 2 fully saturated rings. The van der Waals surface area contributed by atoms with Gasteiger partial charge < -0.3 is 25.0 Å². The Labute approximate surface area is 177 Å². The van der Waals surface area contributed by atoms with Crippen LogP contribution in [-0.2, 0) is 6.54 Å². The van der Waals surface area contributed by atoms with Crippen molar-refractivity contribution in [2.24, 2.45) is 0 Å². The van der Waals surface area contributed by atoms with E-state index in [1.54, 1.807) is 0 Å². The molecule has 5 heteroatoms. The van der Waals surface area contributed by atoms with Crippen molar-refractivity contribution < 1.29 is 9.84 Å². The van der Waals surface area contributed by atoms with Crippen LogP contribution >= 0.6 is 0 Å². The van der Waals surface area contributed by atoms with E-state index >= 15 is 0 Å². The van der Waals surface area contributed by atoms with Gasteiger partial charge in [-0.05, 0) is 51.9 Å². The Bertz CT molecular complexity index is 571. The van der Waals surface area contributed by atoms with Crippen molar-refractivity contribution in [2.45, 2.75) is 70.1 Å². The van der Waals surface area contributed by atoms with Crippen LogP contribution in [0.4, 0.5) is 0 Å². The average Bonchev–Trinajstić information content (AvgIpc) is 2.77. The quantitative estimate of drug-likeness (QED) is 0.556. The number of aliphatic hydroxyl groups is 1. The monoisotopic (exact) mass is 403 g/mol. The molecule has 0 aromatic heterocycles. The molecule has 5 nitrogen and oxygen atoms in total. The topological polar surface area (TPSA) is 48.0 Å². The summed E-state index contributed by atoms with van der Waals surface area (Å²) in [4.78, 5) is 4.87. The van der Waals surface area contributed by atoms with Crippen LogP contribution in [0.25, 0.3) is 0 Å². The second-order valence-electron chi connectivity index (χ2n) is 8.88. The third-order valence-electron chi connectivity index (χ3n) is 6.47. The van der Waals surface area contributed by atoms with E-state index in [1.165, 1.54) is 70.0 Å². The summed E-state index contributed by atoms with van der Waals surface area (Å²) in [6.45, 7) is 6.45. The molecule has 2 aliphatic rings. The van der Waals surface area contributed by atoms with Gasteiger partial charge in [-0.3, -0.25) is 0 Å². The van der Waals surface area contributed by atoms with E-state index in [9.17, 15) is 5.11 Å². The molecule has 0 radical (unpaired) electrons. The van der Waals surface area contributed by atoms with Crippen molar-refractivity contribution in [3.8, 4) is 5.75 Å². The second kappa shape index (κ2) is 12.5. The minimum atomic E-state index is -0.456. The molecule has 1 aromatic rings. The van der Waals surface area contributed by atoms with Crippen LogP contribution in [0.15, 0.2) is 24.3 Å². The van der Waals surface area contributed by atoms with Crippen LogP contribution in [-0.4, -0.2) is 73.4 Å². The largest absolute Gasteiger partial charge is 0.491 e. The molecule has 1 heterocycles. The van der Waals surface area contributed by atoms with E-state index in [4.69, 9.17) is 4.74 Å². The van der Waals surface area contributed by atoms with Gasteiger partial charge in [-0.1, -0.05) is 43.9 Å². The zero-order valence-electron chi connectivity index (χ0n) is 18.3. The number of likely N-dealkylation sites (N-methyl/N-ethyl adjacent to an activating group) is 1. The van der Waals surface area contributed by atoms with Gasteiger partial charge in [0.2, 0.25) is 0 Å². The van der Waals surface area contributed by atoms with Gasteiger partial charge in [0.05, 0.1) is 0 Å². The van der Waals surface area contributed by atoms with Crippen molar-refractivity contribution in [3.05, 3.63) is 29.8 Å². The normalized spacial score (nSPS) is 20.1. The van der Waals surface area contributed by atoms with Crippen molar-refractivity contribution in [1.82, 2.24) is 15.1 Å². The molecule has 3 rings (SSSR count). The molecular weight excluding hydrogens is 362 g/mol. The second-order valence-corrected chi connectivity index (χ2v) is 8.88. The predicted octanol–water partition coefficient (Wildman–Crippen LogP) is 3.27. The van der Waals surface area contributed by atoms with Crippen molar-refractivity contribution in [3.63, 3.8) is 0 Å². The number of hydrogen-bond donors (Lipinski definition) is 2. The maximum Gasteiger partial charge on any atom is 0.123 e. The predicted molar refractivity (Wildman–Crippen MR) is 119 cm³/mol. The number of ether oxygens (including phenoxy) is 1. The van der Waals surface area contributed by atoms with Gasteiger partial charge >= 0.3 is 0 Å². The van der Waals surface area contributed by atoms with Crippen molar-refractivity contribution in [2.75, 3.05) is 46.4 Å². The number of aliphatic hydroxyl groups excluding tert-OH is 1. The Morgan fingerprint density at radius 3 is 2.62 bits per heavy atom. The lowest BCUT2D eigenvalue weighted by atomic mass is 9.94. The van der Waals surface area contributed by atoms with Gasteiger partial charge in [0.15, 0.2) is 0 Å². The summed E-state index contributed by atoms with van der Waals surface area (Å²) in [5, 5.41) is 14.0. The molecule has 1 atom stereocenters. The molecule has 2 N–H and O–H groups in total. The minimum absolute atomic E-state index is 0.349. The van der Waals surface area contributed by atoms with E-state index in [0.717, 1.165) is 25.4 Å². The van der Waals surface area contributed by atoms with Crippen LogP contribution in [0.3, 0.4) is 0 Å². The lowest BCUT2D eigenvalue weighted by Gasteiger charge is -2.32. The van der Waals surface area contributed by atoms with Gasteiger partial charge in [0.25, 0.3) is 0 Å². The number of para-hydroxylation sites is 1. The Morgan fingerprint density at radius 2 is 1.83 bits per heavy atom. The minimum Gasteiger partial charge on any atom is -0.491 e. The highest BCUT2D eigenvalue weighted by molar-refractivity contribution is 5.33. The average molecular weight is 404 g/mol. The molecule has 1 saturated heterocycles. The van der Waals surface area contributed by atoms with E-state index in [-0.39, 0.29) is 0 Å². The molecule has 1 saturated carbocycles. The molecule has 0 spiro atoms. The number of rotatable bonds is 11. The lowest BCUT2D eigenvalue weighted by molar-refractivity contribution is 0.0558. The van der Waals surface area contributed by atoms with E-state index in [0.29, 0.717) is 19.2 Å². The van der Waals surface area contributed by atoms with Crippen LogP contribution in [0.5, 0.6) is 5.75 Å². The lowest BCUT2D eigenvalue weighted by Crippen LogP contribution is -2.40. The summed E-state index contributed by atoms with van der Waals surface area (Å²) in [6, 6.07) is 8.81. The zero-order chi connectivity index (χ0) is 20.3. The molecule has 29 heavy (non-hydrogen) atoms. The van der Waals surface area contributed by atoms with Crippen molar-refractivity contribution in [1.29, 1.82) is 0 Å². The fourth-order valence-electron chi connectivity index (χ4n) is 4.68. The molecule has 0 bridgehead atoms. The highest BCUT2D eigenvalue weighted by Crippen LogP contribution is 2.22. The molecule has 0 amide bonds. The third kappa shape index (κ3) is 7.89. The van der Waals surface area contributed by atoms with Crippen LogP contribution in [0.2, 0.25) is 0 Å². The first-order valence-corrected chi connectivity index (χ1v) is 11.7. The Morgan fingerprint density at radius 1 is 1.10 bits per heavy atom. The van der Waals surface area contributed by atoms with Gasteiger partial charge in [0, 0.05) is 37.8 Å². The molecule has 1 unspecified atom stereocenters. The summed E-state index contributed by atoms with van der Waals surface area (Å²) in [5.74, 6) is 0.886. The number of piperidine rings is 1. The standard InChI is InChI=1S/C24H41N3O2/c1-26(22-11-4-2-5-12-22)19-23(28)20-29-24-13-7-6-10-21(24)18-25-14-17-27-15-8-3-9-16-27/h6-7,10,13,22-23,25,28H,2-5,8-9,11-12,14-20H2,1H3. The van der Waals surface area contributed by atoms with Gasteiger partial charge in [-0.15, -0.1) is 0 Å². The maximum atomic E-state index is 10.5. The first-order valence-electron chi connectivity index (χ1n) is 11.7. The summed E-state index contributed by atoms with van der Waals surface area (Å²) in [6.07, 6.45) is 10.1. The van der Waals surface area contributed by atoms with Crippen LogP contribution < -0.4 is 10.1 Å². The number of nitrogens with zero attached hydrogens (tertiary/aromatic N) is 2. The number of nitrogens with one attached hydrogen (secondary N) is 1. The summed E-state index contributed by atoms with van der Waals surface area (Å²) >= 11 is 0. The van der Waals surface area contributed by atoms with Gasteiger partial charge in [-0.25, -0.2) is 0 Å². The Hall–Kier alpha value is -1.14. The summed E-state index contributed by atoms with van der Waals surface area (Å²) in [7, 11) is 2.14. The van der Waals surface area contributed by atoms with Crippen LogP contribution in [0, 0.1) is 0 Å². The third-order valence-corrected chi connectivity index (χ3v) is 6.47. The van der Waals surface area contributed by atoms with Crippen LogP contribution in [0.1, 0.15) is 56.9 Å². The van der Waals surface area contributed by atoms with Gasteiger partial charge in [0.1, 0.15) is 18.5 Å². The summed E-state index contributed by atoms with van der Waals surface area (Å²) in [5.41, 5.74) is 1.17. The number of hydrogen-bond acceptors (Lipinski definition) is 5. The first kappa shape index (κ1) is 22.5. The highest BCUT2D eigenvalue weighted by atomic mass is 16.5. The molecular formula is C24H41N3O2.